The quantitative estimate of drug-likeness (QED) is 0.737. The van der Waals surface area contributed by atoms with Gasteiger partial charge in [-0.15, -0.1) is 0 Å². The number of carbonyl (C=O) groups excluding carboxylic acids is 1. The highest BCUT2D eigenvalue weighted by atomic mass is 19.4. The molecule has 0 aromatic heterocycles. The maximum atomic E-state index is 12.5. The molecule has 0 saturated carbocycles. The molecule has 0 aliphatic carbocycles. The number of likely N-dealkylation sites (tertiary alicyclic amines) is 1. The topological polar surface area (TPSA) is 23.6 Å². The summed E-state index contributed by atoms with van der Waals surface area (Å²) in [6.07, 6.45) is -3.73. The molecule has 1 fully saturated rings. The zero-order valence-electron chi connectivity index (χ0n) is 12.4. The van der Waals surface area contributed by atoms with Crippen molar-refractivity contribution < 1.29 is 18.0 Å². The lowest BCUT2D eigenvalue weighted by Crippen LogP contribution is -2.63. The number of amides is 1. The molecule has 1 amide bonds. The van der Waals surface area contributed by atoms with Crippen LogP contribution in [0.25, 0.3) is 0 Å². The van der Waals surface area contributed by atoms with Crippen molar-refractivity contribution in [3.05, 3.63) is 0 Å². The third kappa shape index (κ3) is 3.22. The van der Waals surface area contributed by atoms with Gasteiger partial charge in [-0.25, -0.2) is 0 Å². The molecule has 112 valence electrons. The third-order valence-corrected chi connectivity index (χ3v) is 4.40. The summed E-state index contributed by atoms with van der Waals surface area (Å²) < 4.78 is 37.5. The molecule has 1 aliphatic heterocycles. The molecule has 1 aliphatic rings. The normalized spacial score (nSPS) is 24.3. The first-order valence-corrected chi connectivity index (χ1v) is 6.37. The predicted octanol–water partition coefficient (Wildman–Crippen LogP) is 2.66. The van der Waals surface area contributed by atoms with Crippen molar-refractivity contribution in [1.29, 1.82) is 0 Å². The fourth-order valence-electron chi connectivity index (χ4n) is 2.96. The van der Waals surface area contributed by atoms with Gasteiger partial charge >= 0.3 is 12.1 Å². The Kier molecular flexibility index (Phi) is 3.98. The second-order valence-corrected chi connectivity index (χ2v) is 6.66. The number of hydrogen-bond acceptors (Lipinski definition) is 2. The summed E-state index contributed by atoms with van der Waals surface area (Å²) in [5.41, 5.74) is -0.487. The van der Waals surface area contributed by atoms with Crippen LogP contribution in [0.5, 0.6) is 0 Å². The summed E-state index contributed by atoms with van der Waals surface area (Å²) in [6, 6.07) is -0.393. The van der Waals surface area contributed by atoms with E-state index in [4.69, 9.17) is 0 Å². The Morgan fingerprint density at radius 3 is 1.84 bits per heavy atom. The molecule has 1 saturated heterocycles. The van der Waals surface area contributed by atoms with Crippen LogP contribution in [-0.4, -0.2) is 53.1 Å². The van der Waals surface area contributed by atoms with Crippen LogP contribution < -0.4 is 0 Å². The van der Waals surface area contributed by atoms with Gasteiger partial charge in [0.1, 0.15) is 0 Å². The van der Waals surface area contributed by atoms with Gasteiger partial charge < -0.3 is 4.90 Å². The Morgan fingerprint density at radius 2 is 1.53 bits per heavy atom. The fraction of sp³-hybridized carbons (Fsp3) is 0.923. The van der Waals surface area contributed by atoms with Gasteiger partial charge in [-0.3, -0.25) is 9.69 Å². The molecule has 0 bridgehead atoms. The Hall–Kier alpha value is -0.780. The zero-order valence-corrected chi connectivity index (χ0v) is 12.4. The van der Waals surface area contributed by atoms with E-state index in [9.17, 15) is 18.0 Å². The minimum Gasteiger partial charge on any atom is -0.335 e. The molecule has 0 aromatic rings. The molecule has 1 heterocycles. The van der Waals surface area contributed by atoms with Crippen LogP contribution in [0.4, 0.5) is 13.2 Å². The Balaban J connectivity index is 2.95. The highest BCUT2D eigenvalue weighted by molar-refractivity contribution is 5.81. The van der Waals surface area contributed by atoms with Gasteiger partial charge in [0.05, 0.1) is 0 Å². The number of alkyl halides is 3. The summed E-state index contributed by atoms with van der Waals surface area (Å²) in [4.78, 5) is 14.4. The van der Waals surface area contributed by atoms with Crippen LogP contribution in [-0.2, 0) is 4.79 Å². The number of hydrogen-bond donors (Lipinski definition) is 0. The Labute approximate surface area is 112 Å². The van der Waals surface area contributed by atoms with Gasteiger partial charge in [0.25, 0.3) is 0 Å². The second-order valence-electron chi connectivity index (χ2n) is 6.66. The fourth-order valence-corrected chi connectivity index (χ4v) is 2.96. The lowest BCUT2D eigenvalue weighted by molar-refractivity contribution is -0.189. The van der Waals surface area contributed by atoms with Crippen molar-refractivity contribution in [2.75, 3.05) is 14.1 Å². The summed E-state index contributed by atoms with van der Waals surface area (Å²) in [6.45, 7) is 7.97. The van der Waals surface area contributed by atoms with Crippen LogP contribution in [0.1, 0.15) is 40.5 Å². The number of halogens is 3. The first kappa shape index (κ1) is 16.3. The van der Waals surface area contributed by atoms with Crippen LogP contribution in [0.15, 0.2) is 0 Å². The van der Waals surface area contributed by atoms with Crippen LogP contribution >= 0.6 is 0 Å². The summed E-state index contributed by atoms with van der Waals surface area (Å²) in [5.74, 6) is -1.76. The van der Waals surface area contributed by atoms with Gasteiger partial charge in [-0.2, -0.15) is 13.2 Å². The van der Waals surface area contributed by atoms with Crippen LogP contribution in [0.2, 0.25) is 0 Å². The Bertz CT molecular complexity index is 345. The molecule has 0 spiro atoms. The second kappa shape index (κ2) is 4.65. The number of piperidine rings is 1. The lowest BCUT2D eigenvalue weighted by Gasteiger charge is -2.55. The third-order valence-electron chi connectivity index (χ3n) is 4.40. The van der Waals surface area contributed by atoms with Gasteiger partial charge in [0.15, 0.2) is 0 Å². The van der Waals surface area contributed by atoms with E-state index in [2.05, 4.69) is 4.90 Å². The molecule has 3 nitrogen and oxygen atoms in total. The zero-order chi connectivity index (χ0) is 15.2. The Morgan fingerprint density at radius 1 is 1.16 bits per heavy atom. The van der Waals surface area contributed by atoms with E-state index in [-0.39, 0.29) is 11.1 Å². The van der Waals surface area contributed by atoms with Crippen LogP contribution in [0.3, 0.4) is 0 Å². The smallest absolute Gasteiger partial charge is 0.335 e. The molecule has 0 atom stereocenters. The van der Waals surface area contributed by atoms with E-state index in [0.717, 1.165) is 4.90 Å². The highest BCUT2D eigenvalue weighted by Gasteiger charge is 2.49. The first-order chi connectivity index (χ1) is 8.29. The van der Waals surface area contributed by atoms with E-state index in [1.165, 1.54) is 7.05 Å². The molecular weight excluding hydrogens is 257 g/mol. The van der Waals surface area contributed by atoms with Gasteiger partial charge in [0.2, 0.25) is 0 Å². The monoisotopic (exact) mass is 280 g/mol. The van der Waals surface area contributed by atoms with Crippen molar-refractivity contribution in [2.45, 2.75) is 63.8 Å². The lowest BCUT2D eigenvalue weighted by atomic mass is 9.77. The van der Waals surface area contributed by atoms with E-state index in [1.807, 2.05) is 34.7 Å². The van der Waals surface area contributed by atoms with E-state index in [0.29, 0.717) is 12.8 Å². The highest BCUT2D eigenvalue weighted by Crippen LogP contribution is 2.39. The first-order valence-electron chi connectivity index (χ1n) is 6.37. The van der Waals surface area contributed by atoms with E-state index >= 15 is 0 Å². The molecule has 6 heteroatoms. The standard InChI is InChI=1S/C13H23F3N2O/c1-11(2)7-9(8-12(3,4)18(11)6)17(5)10(19)13(14,15)16/h9H,7-8H2,1-6H3. The molecule has 0 N–H and O–H groups in total. The average Bonchev–Trinajstić information content (AvgIpc) is 2.21. The van der Waals surface area contributed by atoms with Crippen molar-refractivity contribution >= 4 is 5.91 Å². The van der Waals surface area contributed by atoms with Gasteiger partial charge in [-0.05, 0) is 47.6 Å². The average molecular weight is 280 g/mol. The van der Waals surface area contributed by atoms with Crippen molar-refractivity contribution in [2.24, 2.45) is 0 Å². The van der Waals surface area contributed by atoms with E-state index < -0.39 is 18.1 Å². The summed E-state index contributed by atoms with van der Waals surface area (Å²) in [7, 11) is 3.22. The van der Waals surface area contributed by atoms with Gasteiger partial charge in [-0.1, -0.05) is 0 Å². The molecule has 1 rings (SSSR count). The predicted molar refractivity (Wildman–Crippen MR) is 67.8 cm³/mol. The largest absolute Gasteiger partial charge is 0.471 e. The maximum Gasteiger partial charge on any atom is 0.471 e. The SMILES string of the molecule is CN(C(=O)C(F)(F)F)C1CC(C)(C)N(C)C(C)(C)C1. The molecular formula is C13H23F3N2O. The number of carbonyl (C=O) groups is 1. The molecule has 0 aromatic carbocycles. The molecule has 0 unspecified atom stereocenters. The number of nitrogens with zero attached hydrogens (tertiary/aromatic N) is 2. The summed E-state index contributed by atoms with van der Waals surface area (Å²) in [5, 5.41) is 0. The van der Waals surface area contributed by atoms with Gasteiger partial charge in [0, 0.05) is 24.2 Å². The molecule has 0 radical (unpaired) electrons. The van der Waals surface area contributed by atoms with Crippen LogP contribution in [0, 0.1) is 0 Å². The molecule has 19 heavy (non-hydrogen) atoms. The minimum atomic E-state index is -4.80. The van der Waals surface area contributed by atoms with Crippen molar-refractivity contribution in [1.82, 2.24) is 9.80 Å². The number of rotatable bonds is 1. The van der Waals surface area contributed by atoms with Crippen molar-refractivity contribution in [3.8, 4) is 0 Å². The summed E-state index contributed by atoms with van der Waals surface area (Å²) >= 11 is 0. The van der Waals surface area contributed by atoms with Crippen molar-refractivity contribution in [3.63, 3.8) is 0 Å². The maximum absolute atomic E-state index is 12.5. The van der Waals surface area contributed by atoms with E-state index in [1.54, 1.807) is 0 Å². The minimum absolute atomic E-state index is 0.243.